The van der Waals surface area contributed by atoms with Crippen LogP contribution in [-0.4, -0.2) is 35.2 Å². The van der Waals surface area contributed by atoms with Crippen molar-refractivity contribution in [2.75, 3.05) is 4.72 Å². The Kier molecular flexibility index (Phi) is 6.66. The van der Waals surface area contributed by atoms with Gasteiger partial charge in [0.2, 0.25) is 5.95 Å². The average Bonchev–Trinajstić information content (AvgIpc) is 2.93. The van der Waals surface area contributed by atoms with E-state index in [4.69, 9.17) is 4.98 Å². The highest BCUT2D eigenvalue weighted by Crippen LogP contribution is 2.40. The maximum atomic E-state index is 14.1. The first-order chi connectivity index (χ1) is 19.2. The number of sulfonamides is 1. The number of benzene rings is 3. The summed E-state index contributed by atoms with van der Waals surface area (Å²) in [6.45, 7) is 6.82. The van der Waals surface area contributed by atoms with E-state index in [0.717, 1.165) is 28.8 Å². The Morgan fingerprint density at radius 1 is 0.975 bits per heavy atom. The van der Waals surface area contributed by atoms with E-state index in [1.807, 2.05) is 54.3 Å². The summed E-state index contributed by atoms with van der Waals surface area (Å²) >= 11 is 0. The van der Waals surface area contributed by atoms with Gasteiger partial charge in [0.1, 0.15) is 0 Å². The van der Waals surface area contributed by atoms with Gasteiger partial charge in [0, 0.05) is 35.3 Å². The van der Waals surface area contributed by atoms with Crippen LogP contribution in [0, 0.1) is 12.8 Å². The maximum absolute atomic E-state index is 14.1. The molecule has 3 heterocycles. The number of nitrogens with one attached hydrogen (secondary N) is 1. The Labute approximate surface area is 235 Å². The van der Waals surface area contributed by atoms with Gasteiger partial charge >= 0.3 is 0 Å². The number of amides is 1. The number of aromatic nitrogens is 2. The molecule has 2 aliphatic heterocycles. The summed E-state index contributed by atoms with van der Waals surface area (Å²) in [7, 11) is -4.05. The summed E-state index contributed by atoms with van der Waals surface area (Å²) in [6, 6.07) is 24.3. The van der Waals surface area contributed by atoms with E-state index >= 15 is 0 Å². The van der Waals surface area contributed by atoms with Crippen molar-refractivity contribution in [1.82, 2.24) is 14.9 Å². The third kappa shape index (κ3) is 4.88. The van der Waals surface area contributed by atoms with E-state index in [2.05, 4.69) is 35.7 Å². The Bertz CT molecular complexity index is 1720. The number of carbonyl (C=O) groups excluding carboxylic acids is 1. The van der Waals surface area contributed by atoms with Gasteiger partial charge in [-0.1, -0.05) is 68.4 Å². The van der Waals surface area contributed by atoms with Gasteiger partial charge in [-0.05, 0) is 66.6 Å². The fourth-order valence-corrected chi connectivity index (χ4v) is 7.01. The highest BCUT2D eigenvalue weighted by atomic mass is 32.2. The average molecular weight is 553 g/mol. The topological polar surface area (TPSA) is 92.3 Å². The first-order valence-corrected chi connectivity index (χ1v) is 15.1. The van der Waals surface area contributed by atoms with E-state index < -0.39 is 10.0 Å². The number of rotatable bonds is 3. The van der Waals surface area contributed by atoms with Crippen LogP contribution >= 0.6 is 0 Å². The van der Waals surface area contributed by atoms with Crippen LogP contribution in [0.4, 0.5) is 5.95 Å². The van der Waals surface area contributed by atoms with Crippen LogP contribution in [0.2, 0.25) is 0 Å². The Balaban J connectivity index is 1.61. The Hall–Kier alpha value is -4.04. The molecule has 1 N–H and O–H groups in total. The summed E-state index contributed by atoms with van der Waals surface area (Å²) in [4.78, 5) is 25.4. The molecule has 2 atom stereocenters. The molecule has 1 aromatic heterocycles. The standard InChI is InChI=1S/C32H32N4O3S/c1-20(2)15-30-28-17-24-18-29(26-13-6-4-9-21(26)3)34-32(33-24)35-40(38,39)25-12-8-11-22(16-25)31(37)36(30)19-23-10-5-7-14-27(23)28/h4-14,16,18,20,28,30H,15,17,19H2,1-3H3,(H,33,34,35)/t28?,30-/m1/s1. The van der Waals surface area contributed by atoms with Crippen LogP contribution in [0.3, 0.4) is 0 Å². The van der Waals surface area contributed by atoms with E-state index in [1.165, 1.54) is 17.7 Å². The van der Waals surface area contributed by atoms with Gasteiger partial charge in [-0.15, -0.1) is 0 Å². The summed E-state index contributed by atoms with van der Waals surface area (Å²) in [6.07, 6.45) is 1.34. The summed E-state index contributed by atoms with van der Waals surface area (Å²) < 4.78 is 29.6. The minimum Gasteiger partial charge on any atom is -0.331 e. The number of anilines is 1. The molecule has 2 aliphatic rings. The second-order valence-corrected chi connectivity index (χ2v) is 12.8. The van der Waals surface area contributed by atoms with Crippen molar-refractivity contribution in [3.05, 3.63) is 107 Å². The van der Waals surface area contributed by atoms with Crippen molar-refractivity contribution in [2.24, 2.45) is 5.92 Å². The molecule has 8 heteroatoms. The molecule has 0 radical (unpaired) electrons. The second-order valence-electron chi connectivity index (χ2n) is 11.2. The van der Waals surface area contributed by atoms with E-state index in [-0.39, 0.29) is 28.7 Å². The zero-order valence-corrected chi connectivity index (χ0v) is 23.7. The fraction of sp³-hybridized carbons (Fsp3) is 0.281. The molecular formula is C32H32N4O3S. The second kappa shape index (κ2) is 10.2. The molecule has 3 aromatic carbocycles. The lowest BCUT2D eigenvalue weighted by Gasteiger charge is -2.43. The lowest BCUT2D eigenvalue weighted by atomic mass is 9.77. The van der Waals surface area contributed by atoms with Crippen LogP contribution in [0.5, 0.6) is 0 Å². The SMILES string of the molecule is Cc1ccccc1-c1cc2nc(n1)NS(=O)(=O)c1cccc(c1)C(=O)N1Cc3ccccc3C(C2)[C@H]1CC(C)C. The van der Waals surface area contributed by atoms with E-state index in [0.29, 0.717) is 30.1 Å². The van der Waals surface area contributed by atoms with Gasteiger partial charge in [-0.2, -0.15) is 0 Å². The normalized spacial score (nSPS) is 19.6. The molecule has 0 fully saturated rings. The van der Waals surface area contributed by atoms with Crippen molar-refractivity contribution in [2.45, 2.75) is 57.0 Å². The summed E-state index contributed by atoms with van der Waals surface area (Å²) in [5.74, 6) is 0.179. The molecule has 6 bridgehead atoms. The molecule has 1 amide bonds. The molecule has 0 saturated heterocycles. The van der Waals surface area contributed by atoms with Crippen LogP contribution in [0.1, 0.15) is 58.9 Å². The third-order valence-corrected chi connectivity index (χ3v) is 9.21. The van der Waals surface area contributed by atoms with Crippen LogP contribution in [-0.2, 0) is 23.0 Å². The van der Waals surface area contributed by atoms with Gasteiger partial charge < -0.3 is 4.90 Å². The van der Waals surface area contributed by atoms with E-state index in [1.54, 1.807) is 12.1 Å². The fourth-order valence-electron chi connectivity index (χ4n) is 6.02. The molecule has 40 heavy (non-hydrogen) atoms. The summed E-state index contributed by atoms with van der Waals surface area (Å²) in [5, 5.41) is 0. The quantitative estimate of drug-likeness (QED) is 0.338. The number of carbonyl (C=O) groups is 1. The Morgan fingerprint density at radius 2 is 1.75 bits per heavy atom. The smallest absolute Gasteiger partial charge is 0.264 e. The lowest BCUT2D eigenvalue weighted by molar-refractivity contribution is 0.0566. The molecule has 0 aliphatic carbocycles. The molecule has 0 saturated carbocycles. The molecule has 7 nitrogen and oxygen atoms in total. The highest BCUT2D eigenvalue weighted by Gasteiger charge is 2.39. The van der Waals surface area contributed by atoms with Crippen molar-refractivity contribution >= 4 is 21.9 Å². The Morgan fingerprint density at radius 3 is 2.55 bits per heavy atom. The van der Waals surface area contributed by atoms with Crippen molar-refractivity contribution in [1.29, 1.82) is 0 Å². The van der Waals surface area contributed by atoms with Gasteiger partial charge in [-0.25, -0.2) is 23.1 Å². The zero-order valence-electron chi connectivity index (χ0n) is 22.8. The minimum absolute atomic E-state index is 0.00147. The van der Waals surface area contributed by atoms with E-state index in [9.17, 15) is 13.2 Å². The largest absolute Gasteiger partial charge is 0.331 e. The number of hydrogen-bond donors (Lipinski definition) is 1. The van der Waals surface area contributed by atoms with Crippen molar-refractivity contribution < 1.29 is 13.2 Å². The predicted octanol–water partition coefficient (Wildman–Crippen LogP) is 5.96. The monoisotopic (exact) mass is 552 g/mol. The molecule has 204 valence electrons. The molecule has 1 unspecified atom stereocenters. The number of nitrogens with zero attached hydrogens (tertiary/aromatic N) is 3. The van der Waals surface area contributed by atoms with Crippen LogP contribution in [0.15, 0.2) is 83.8 Å². The van der Waals surface area contributed by atoms with Crippen LogP contribution in [0.25, 0.3) is 11.3 Å². The first kappa shape index (κ1) is 26.2. The van der Waals surface area contributed by atoms with Crippen molar-refractivity contribution in [3.63, 3.8) is 0 Å². The van der Waals surface area contributed by atoms with Gasteiger partial charge in [0.15, 0.2) is 0 Å². The number of aryl methyl sites for hydroxylation is 1. The molecule has 4 aromatic rings. The highest BCUT2D eigenvalue weighted by molar-refractivity contribution is 7.92. The van der Waals surface area contributed by atoms with Gasteiger partial charge in [0.05, 0.1) is 10.6 Å². The van der Waals surface area contributed by atoms with Crippen molar-refractivity contribution in [3.8, 4) is 11.3 Å². The zero-order chi connectivity index (χ0) is 28.0. The number of fused-ring (bicyclic) bond motifs is 8. The summed E-state index contributed by atoms with van der Waals surface area (Å²) in [5.41, 5.74) is 5.98. The maximum Gasteiger partial charge on any atom is 0.264 e. The first-order valence-electron chi connectivity index (χ1n) is 13.7. The van der Waals surface area contributed by atoms with Crippen LogP contribution < -0.4 is 4.72 Å². The number of hydrogen-bond acceptors (Lipinski definition) is 5. The minimum atomic E-state index is -4.05. The van der Waals surface area contributed by atoms with Gasteiger partial charge in [-0.3, -0.25) is 4.79 Å². The lowest BCUT2D eigenvalue weighted by Crippen LogP contribution is -2.48. The molecule has 6 rings (SSSR count). The third-order valence-electron chi connectivity index (χ3n) is 7.88. The predicted molar refractivity (Wildman–Crippen MR) is 155 cm³/mol. The molecule has 0 spiro atoms. The molecular weight excluding hydrogens is 520 g/mol. The van der Waals surface area contributed by atoms with Gasteiger partial charge in [0.25, 0.3) is 15.9 Å².